The summed E-state index contributed by atoms with van der Waals surface area (Å²) in [5.41, 5.74) is -0.156. The summed E-state index contributed by atoms with van der Waals surface area (Å²) < 4.78 is 0. The molecule has 4 rings (SSSR count). The van der Waals surface area contributed by atoms with E-state index in [-0.39, 0.29) is 17.5 Å². The Hall–Kier alpha value is -1.30. The minimum absolute atomic E-state index is 0.0309. The van der Waals surface area contributed by atoms with Crippen molar-refractivity contribution in [3.05, 3.63) is 0 Å². The summed E-state index contributed by atoms with van der Waals surface area (Å²) in [4.78, 5) is 28.8. The van der Waals surface area contributed by atoms with Crippen LogP contribution in [0.1, 0.15) is 25.7 Å². The SMILES string of the molecule is O=C1NCC2CN(C(=O)[C@@]34CCCC[C@H]3CNC4)CCN12. The van der Waals surface area contributed by atoms with E-state index < -0.39 is 0 Å². The van der Waals surface area contributed by atoms with E-state index in [2.05, 4.69) is 10.6 Å². The third-order valence-electron chi connectivity index (χ3n) is 5.98. The highest BCUT2D eigenvalue weighted by Gasteiger charge is 2.52. The second kappa shape index (κ2) is 4.87. The van der Waals surface area contributed by atoms with Gasteiger partial charge in [-0.25, -0.2) is 4.79 Å². The van der Waals surface area contributed by atoms with Crippen LogP contribution in [0, 0.1) is 11.3 Å². The van der Waals surface area contributed by atoms with Gasteiger partial charge in [0, 0.05) is 32.7 Å². The van der Waals surface area contributed by atoms with Gasteiger partial charge in [-0.15, -0.1) is 0 Å². The van der Waals surface area contributed by atoms with Gasteiger partial charge in [0.25, 0.3) is 0 Å². The van der Waals surface area contributed by atoms with E-state index in [1.54, 1.807) is 0 Å². The van der Waals surface area contributed by atoms with E-state index in [0.717, 1.165) is 19.5 Å². The molecule has 0 aromatic heterocycles. The Kier molecular flexibility index (Phi) is 3.10. The van der Waals surface area contributed by atoms with Crippen LogP contribution in [-0.2, 0) is 4.79 Å². The van der Waals surface area contributed by atoms with Crippen LogP contribution in [0.2, 0.25) is 0 Å². The second-order valence-electron chi connectivity index (χ2n) is 7.01. The first-order valence-corrected chi connectivity index (χ1v) is 8.25. The molecule has 3 heterocycles. The largest absolute Gasteiger partial charge is 0.338 e. The number of amides is 3. The molecule has 0 spiro atoms. The van der Waals surface area contributed by atoms with E-state index in [0.29, 0.717) is 38.0 Å². The van der Waals surface area contributed by atoms with Crippen molar-refractivity contribution in [2.24, 2.45) is 11.3 Å². The number of carbonyl (C=O) groups is 2. The molecule has 4 fully saturated rings. The minimum Gasteiger partial charge on any atom is -0.338 e. The predicted molar refractivity (Wildman–Crippen MR) is 77.7 cm³/mol. The highest BCUT2D eigenvalue weighted by atomic mass is 16.2. The number of nitrogens with zero attached hydrogens (tertiary/aromatic N) is 2. The number of fused-ring (bicyclic) bond motifs is 2. The van der Waals surface area contributed by atoms with E-state index >= 15 is 0 Å². The summed E-state index contributed by atoms with van der Waals surface area (Å²) in [6.45, 7) is 4.59. The van der Waals surface area contributed by atoms with Gasteiger partial charge in [0.15, 0.2) is 0 Å². The lowest BCUT2D eigenvalue weighted by Gasteiger charge is -2.44. The molecule has 6 heteroatoms. The van der Waals surface area contributed by atoms with E-state index in [1.807, 2.05) is 9.80 Å². The molecule has 0 aromatic carbocycles. The number of nitrogens with one attached hydrogen (secondary N) is 2. The Balaban J connectivity index is 1.51. The third-order valence-corrected chi connectivity index (χ3v) is 5.98. The van der Waals surface area contributed by atoms with Gasteiger partial charge in [0.05, 0.1) is 11.5 Å². The fourth-order valence-electron chi connectivity index (χ4n) is 4.77. The number of rotatable bonds is 1. The molecule has 1 aliphatic carbocycles. The zero-order chi connectivity index (χ0) is 14.4. The average molecular weight is 292 g/mol. The summed E-state index contributed by atoms with van der Waals surface area (Å²) in [6, 6.07) is 0.200. The maximum atomic E-state index is 13.2. The van der Waals surface area contributed by atoms with Gasteiger partial charge in [-0.1, -0.05) is 12.8 Å². The predicted octanol–water partition coefficient (Wildman–Crippen LogP) is 0.00220. The second-order valence-corrected chi connectivity index (χ2v) is 7.01. The molecule has 1 unspecified atom stereocenters. The molecule has 6 nitrogen and oxygen atoms in total. The fourth-order valence-corrected chi connectivity index (χ4v) is 4.77. The summed E-state index contributed by atoms with van der Waals surface area (Å²) in [6.07, 6.45) is 4.65. The zero-order valence-electron chi connectivity index (χ0n) is 12.4. The lowest BCUT2D eigenvalue weighted by atomic mass is 9.67. The Morgan fingerprint density at radius 2 is 2.14 bits per heavy atom. The Morgan fingerprint density at radius 1 is 1.24 bits per heavy atom. The van der Waals surface area contributed by atoms with E-state index in [1.165, 1.54) is 19.3 Å². The van der Waals surface area contributed by atoms with Crippen LogP contribution in [0.15, 0.2) is 0 Å². The third kappa shape index (κ3) is 1.95. The first kappa shape index (κ1) is 13.4. The van der Waals surface area contributed by atoms with Gasteiger partial charge in [0.1, 0.15) is 0 Å². The van der Waals surface area contributed by atoms with Gasteiger partial charge >= 0.3 is 6.03 Å². The van der Waals surface area contributed by atoms with Gasteiger partial charge in [-0.05, 0) is 25.3 Å². The highest BCUT2D eigenvalue weighted by Crippen LogP contribution is 2.45. The van der Waals surface area contributed by atoms with Crippen molar-refractivity contribution < 1.29 is 9.59 Å². The van der Waals surface area contributed by atoms with Crippen molar-refractivity contribution in [2.45, 2.75) is 31.7 Å². The molecule has 116 valence electrons. The molecule has 21 heavy (non-hydrogen) atoms. The summed E-state index contributed by atoms with van der Waals surface area (Å²) in [5, 5.41) is 6.34. The smallest absolute Gasteiger partial charge is 0.317 e. The highest BCUT2D eigenvalue weighted by molar-refractivity contribution is 5.85. The van der Waals surface area contributed by atoms with Gasteiger partial charge < -0.3 is 20.4 Å². The lowest BCUT2D eigenvalue weighted by Crippen LogP contribution is -2.58. The molecule has 0 aromatic rings. The van der Waals surface area contributed by atoms with Gasteiger partial charge in [0.2, 0.25) is 5.91 Å². The van der Waals surface area contributed by atoms with E-state index in [4.69, 9.17) is 0 Å². The van der Waals surface area contributed by atoms with Crippen LogP contribution in [0.5, 0.6) is 0 Å². The van der Waals surface area contributed by atoms with Crippen molar-refractivity contribution in [3.8, 4) is 0 Å². The normalized spacial score (nSPS) is 39.0. The van der Waals surface area contributed by atoms with Crippen molar-refractivity contribution in [2.75, 3.05) is 39.3 Å². The molecule has 3 aliphatic heterocycles. The number of urea groups is 1. The number of hydrogen-bond donors (Lipinski definition) is 2. The number of carbonyl (C=O) groups excluding carboxylic acids is 2. The van der Waals surface area contributed by atoms with Crippen molar-refractivity contribution in [1.82, 2.24) is 20.4 Å². The molecule has 0 bridgehead atoms. The van der Waals surface area contributed by atoms with Crippen LogP contribution in [0.4, 0.5) is 4.79 Å². The first-order valence-electron chi connectivity index (χ1n) is 8.25. The lowest BCUT2D eigenvalue weighted by molar-refractivity contribution is -0.147. The minimum atomic E-state index is -0.156. The molecular formula is C15H24N4O2. The molecule has 0 radical (unpaired) electrons. The summed E-state index contributed by atoms with van der Waals surface area (Å²) in [7, 11) is 0. The van der Waals surface area contributed by atoms with Crippen molar-refractivity contribution in [3.63, 3.8) is 0 Å². The van der Waals surface area contributed by atoms with Crippen LogP contribution in [0.3, 0.4) is 0 Å². The Labute approximate surface area is 125 Å². The standard InChI is InChI=1S/C15H24N4O2/c20-13(15-4-2-1-3-11(15)7-16-10-15)18-5-6-19-12(9-18)8-17-14(19)21/h11-12,16H,1-10H2,(H,17,21)/t11-,12?,15+/m0/s1. The fraction of sp³-hybridized carbons (Fsp3) is 0.867. The molecule has 2 N–H and O–H groups in total. The van der Waals surface area contributed by atoms with E-state index in [9.17, 15) is 9.59 Å². The Bertz CT molecular complexity index is 469. The Morgan fingerprint density at radius 3 is 3.05 bits per heavy atom. The maximum absolute atomic E-state index is 13.2. The molecule has 3 amide bonds. The summed E-state index contributed by atoms with van der Waals surface area (Å²) in [5.74, 6) is 0.858. The van der Waals surface area contributed by atoms with Gasteiger partial charge in [-0.3, -0.25) is 4.79 Å². The van der Waals surface area contributed by atoms with Gasteiger partial charge in [-0.2, -0.15) is 0 Å². The quantitative estimate of drug-likeness (QED) is 0.715. The summed E-state index contributed by atoms with van der Waals surface area (Å²) >= 11 is 0. The molecule has 1 saturated carbocycles. The van der Waals surface area contributed by atoms with Crippen LogP contribution in [-0.4, -0.2) is 67.0 Å². The maximum Gasteiger partial charge on any atom is 0.317 e. The van der Waals surface area contributed by atoms with Crippen LogP contribution < -0.4 is 10.6 Å². The van der Waals surface area contributed by atoms with Crippen LogP contribution >= 0.6 is 0 Å². The monoisotopic (exact) mass is 292 g/mol. The van der Waals surface area contributed by atoms with Crippen molar-refractivity contribution in [1.29, 1.82) is 0 Å². The van der Waals surface area contributed by atoms with Crippen molar-refractivity contribution >= 4 is 11.9 Å². The average Bonchev–Trinajstić information content (AvgIpc) is 3.11. The number of piperazine rings is 1. The molecule has 4 aliphatic rings. The molecular weight excluding hydrogens is 268 g/mol. The zero-order valence-corrected chi connectivity index (χ0v) is 12.4. The van der Waals surface area contributed by atoms with Crippen LogP contribution in [0.25, 0.3) is 0 Å². The topological polar surface area (TPSA) is 64.7 Å². The molecule has 3 atom stereocenters. The first-order chi connectivity index (χ1) is 10.2. The molecule has 3 saturated heterocycles. The number of hydrogen-bond acceptors (Lipinski definition) is 3.